The van der Waals surface area contributed by atoms with E-state index in [1.165, 1.54) is 0 Å². The summed E-state index contributed by atoms with van der Waals surface area (Å²) < 4.78 is 0. The van der Waals surface area contributed by atoms with E-state index in [1.54, 1.807) is 0 Å². The van der Waals surface area contributed by atoms with Crippen molar-refractivity contribution in [3.63, 3.8) is 0 Å². The summed E-state index contributed by atoms with van der Waals surface area (Å²) in [5.74, 6) is 1.23. The van der Waals surface area contributed by atoms with Crippen molar-refractivity contribution in [1.82, 2.24) is 5.32 Å². The third-order valence-corrected chi connectivity index (χ3v) is 4.46. The van der Waals surface area contributed by atoms with Gasteiger partial charge in [0.05, 0.1) is 0 Å². The molecule has 1 saturated heterocycles. The second-order valence-corrected chi connectivity index (χ2v) is 7.22. The minimum absolute atomic E-state index is 0.208. The lowest BCUT2D eigenvalue weighted by molar-refractivity contribution is -0.117. The molecule has 1 aromatic rings. The normalized spacial score (nSPS) is 14.9. The smallest absolute Gasteiger partial charge is 0.227 e. The van der Waals surface area contributed by atoms with Crippen LogP contribution in [0.4, 0.5) is 11.4 Å². The second kappa shape index (κ2) is 7.77. The first-order valence-corrected chi connectivity index (χ1v) is 8.77. The third-order valence-electron chi connectivity index (χ3n) is 4.24. The van der Waals surface area contributed by atoms with Crippen LogP contribution in [0.25, 0.3) is 0 Å². The summed E-state index contributed by atoms with van der Waals surface area (Å²) in [6.07, 6.45) is 1.60. The Balaban J connectivity index is 1.95. The van der Waals surface area contributed by atoms with E-state index in [0.717, 1.165) is 24.3 Å². The molecule has 0 spiro atoms. The van der Waals surface area contributed by atoms with Gasteiger partial charge in [0.1, 0.15) is 0 Å². The third kappa shape index (κ3) is 4.67. The Morgan fingerprint density at radius 2 is 1.74 bits per heavy atom. The molecule has 126 valence electrons. The number of rotatable bonds is 5. The number of thiocarbonyl (C=S) groups is 1. The summed E-state index contributed by atoms with van der Waals surface area (Å²) in [7, 11) is 0. The van der Waals surface area contributed by atoms with E-state index in [0.29, 0.717) is 29.4 Å². The molecule has 2 N–H and O–H groups in total. The predicted molar refractivity (Wildman–Crippen MR) is 101 cm³/mol. The summed E-state index contributed by atoms with van der Waals surface area (Å²) >= 11 is 5.42. The van der Waals surface area contributed by atoms with Crippen LogP contribution < -0.4 is 15.5 Å². The highest BCUT2D eigenvalue weighted by Crippen LogP contribution is 2.23. The highest BCUT2D eigenvalue weighted by Gasteiger charge is 2.21. The molecule has 1 amide bonds. The first-order chi connectivity index (χ1) is 10.9. The molecule has 5 heteroatoms. The molecular weight excluding hydrogens is 306 g/mol. The molecule has 1 fully saturated rings. The minimum atomic E-state index is 0.208. The average Bonchev–Trinajstić information content (AvgIpc) is 2.91. The molecule has 2 rings (SSSR count). The van der Waals surface area contributed by atoms with Gasteiger partial charge in [-0.3, -0.25) is 4.79 Å². The van der Waals surface area contributed by atoms with Gasteiger partial charge in [-0.25, -0.2) is 0 Å². The van der Waals surface area contributed by atoms with E-state index in [2.05, 4.69) is 38.3 Å². The second-order valence-electron chi connectivity index (χ2n) is 6.81. The zero-order valence-corrected chi connectivity index (χ0v) is 15.2. The Morgan fingerprint density at radius 1 is 1.13 bits per heavy atom. The van der Waals surface area contributed by atoms with Crippen molar-refractivity contribution in [2.75, 3.05) is 16.8 Å². The molecule has 23 heavy (non-hydrogen) atoms. The Morgan fingerprint density at radius 3 is 2.22 bits per heavy atom. The largest absolute Gasteiger partial charge is 0.359 e. The minimum Gasteiger partial charge on any atom is -0.359 e. The zero-order valence-electron chi connectivity index (χ0n) is 14.4. The van der Waals surface area contributed by atoms with Gasteiger partial charge < -0.3 is 15.5 Å². The molecule has 0 atom stereocenters. The van der Waals surface area contributed by atoms with Crippen LogP contribution in [-0.2, 0) is 4.79 Å². The highest BCUT2D eigenvalue weighted by molar-refractivity contribution is 7.80. The molecule has 0 aliphatic carbocycles. The van der Waals surface area contributed by atoms with Crippen LogP contribution in [0, 0.1) is 11.8 Å². The first-order valence-electron chi connectivity index (χ1n) is 8.36. The summed E-state index contributed by atoms with van der Waals surface area (Å²) in [5.41, 5.74) is 1.89. The number of hydrogen-bond donors (Lipinski definition) is 2. The van der Waals surface area contributed by atoms with Crippen LogP contribution in [0.5, 0.6) is 0 Å². The van der Waals surface area contributed by atoms with Gasteiger partial charge in [-0.15, -0.1) is 0 Å². The van der Waals surface area contributed by atoms with Crippen molar-refractivity contribution < 1.29 is 4.79 Å². The number of hydrogen-bond acceptors (Lipinski definition) is 2. The van der Waals surface area contributed by atoms with Crippen molar-refractivity contribution in [2.24, 2.45) is 11.8 Å². The average molecular weight is 334 g/mol. The lowest BCUT2D eigenvalue weighted by Crippen LogP contribution is -2.44. The maximum atomic E-state index is 11.8. The van der Waals surface area contributed by atoms with Crippen LogP contribution in [0.2, 0.25) is 0 Å². The molecule has 1 aromatic carbocycles. The van der Waals surface area contributed by atoms with Gasteiger partial charge >= 0.3 is 0 Å². The van der Waals surface area contributed by atoms with Crippen molar-refractivity contribution in [1.29, 1.82) is 0 Å². The monoisotopic (exact) mass is 333 g/mol. The summed E-state index contributed by atoms with van der Waals surface area (Å²) in [5, 5.41) is 7.27. The fourth-order valence-electron chi connectivity index (χ4n) is 3.07. The van der Waals surface area contributed by atoms with E-state index in [1.807, 2.05) is 29.2 Å². The van der Waals surface area contributed by atoms with Gasteiger partial charge in [-0.2, -0.15) is 0 Å². The first kappa shape index (κ1) is 17.7. The number of amides is 1. The lowest BCUT2D eigenvalue weighted by atomic mass is 9.93. The zero-order chi connectivity index (χ0) is 17.0. The van der Waals surface area contributed by atoms with Crippen LogP contribution in [-0.4, -0.2) is 23.6 Å². The summed E-state index contributed by atoms with van der Waals surface area (Å²) in [4.78, 5) is 13.6. The molecular formula is C18H27N3OS. The summed E-state index contributed by atoms with van der Waals surface area (Å²) in [6.45, 7) is 9.60. The Kier molecular flexibility index (Phi) is 5.99. The van der Waals surface area contributed by atoms with Gasteiger partial charge in [0.25, 0.3) is 0 Å². The Bertz CT molecular complexity index is 546. The molecule has 1 aliphatic rings. The molecule has 1 heterocycles. The van der Waals surface area contributed by atoms with E-state index < -0.39 is 0 Å². The SMILES string of the molecule is CC(C)C(NC(=S)Nc1ccc(N2CCCC2=O)cc1)C(C)C. The summed E-state index contributed by atoms with van der Waals surface area (Å²) in [6, 6.07) is 8.22. The number of carbonyl (C=O) groups excluding carboxylic acids is 1. The fourth-order valence-corrected chi connectivity index (χ4v) is 3.32. The van der Waals surface area contributed by atoms with Crippen LogP contribution in [0.1, 0.15) is 40.5 Å². The van der Waals surface area contributed by atoms with Crippen LogP contribution in [0.3, 0.4) is 0 Å². The predicted octanol–water partition coefficient (Wildman–Crippen LogP) is 3.78. The van der Waals surface area contributed by atoms with Gasteiger partial charge in [-0.05, 0) is 54.7 Å². The molecule has 0 aromatic heterocycles. The molecule has 1 aliphatic heterocycles. The van der Waals surface area contributed by atoms with Crippen LogP contribution >= 0.6 is 12.2 Å². The molecule has 4 nitrogen and oxygen atoms in total. The highest BCUT2D eigenvalue weighted by atomic mass is 32.1. The Labute approximate surface area is 144 Å². The van der Waals surface area contributed by atoms with Crippen molar-refractivity contribution >= 4 is 34.6 Å². The molecule has 0 saturated carbocycles. The van der Waals surface area contributed by atoms with Gasteiger partial charge in [0.2, 0.25) is 5.91 Å². The van der Waals surface area contributed by atoms with Gasteiger partial charge in [0.15, 0.2) is 5.11 Å². The molecule has 0 radical (unpaired) electrons. The lowest BCUT2D eigenvalue weighted by Gasteiger charge is -2.27. The quantitative estimate of drug-likeness (QED) is 0.805. The van der Waals surface area contributed by atoms with Crippen molar-refractivity contribution in [3.05, 3.63) is 24.3 Å². The van der Waals surface area contributed by atoms with E-state index in [9.17, 15) is 4.79 Å². The van der Waals surface area contributed by atoms with E-state index in [-0.39, 0.29) is 5.91 Å². The molecule has 0 bridgehead atoms. The van der Waals surface area contributed by atoms with Crippen LogP contribution in [0.15, 0.2) is 24.3 Å². The Hall–Kier alpha value is -1.62. The maximum absolute atomic E-state index is 11.8. The van der Waals surface area contributed by atoms with Gasteiger partial charge in [0, 0.05) is 30.4 Å². The number of benzene rings is 1. The maximum Gasteiger partial charge on any atom is 0.227 e. The van der Waals surface area contributed by atoms with Crippen molar-refractivity contribution in [2.45, 2.75) is 46.6 Å². The number of nitrogens with zero attached hydrogens (tertiary/aromatic N) is 1. The number of carbonyl (C=O) groups is 1. The van der Waals surface area contributed by atoms with E-state index >= 15 is 0 Å². The molecule has 0 unspecified atom stereocenters. The van der Waals surface area contributed by atoms with Gasteiger partial charge in [-0.1, -0.05) is 27.7 Å². The van der Waals surface area contributed by atoms with E-state index in [4.69, 9.17) is 12.2 Å². The standard InChI is InChI=1S/C18H27N3OS/c1-12(2)17(13(3)4)20-18(23)19-14-7-9-15(10-8-14)21-11-5-6-16(21)22/h7-10,12-13,17H,5-6,11H2,1-4H3,(H2,19,20,23). The number of nitrogens with one attached hydrogen (secondary N) is 2. The topological polar surface area (TPSA) is 44.4 Å². The van der Waals surface area contributed by atoms with Crippen molar-refractivity contribution in [3.8, 4) is 0 Å². The number of anilines is 2. The fraction of sp³-hybridized carbons (Fsp3) is 0.556.